The van der Waals surface area contributed by atoms with Gasteiger partial charge in [-0.3, -0.25) is 4.79 Å². The molecule has 0 spiro atoms. The molecule has 6 nitrogen and oxygen atoms in total. The summed E-state index contributed by atoms with van der Waals surface area (Å²) in [6.45, 7) is 2.06. The third-order valence-corrected chi connectivity index (χ3v) is 4.73. The number of hydrogen-bond donors (Lipinski definition) is 2. The Hall–Kier alpha value is -2.42. The van der Waals surface area contributed by atoms with Crippen LogP contribution in [-0.2, 0) is 11.0 Å². The SMILES string of the molecule is O=C(C[NH+]1CCCCCCC1)Nc1cc(C(F)(F)F)ccc1-n1cncn1. The first-order valence-corrected chi connectivity index (χ1v) is 9.13. The molecule has 1 fully saturated rings. The molecule has 1 aliphatic heterocycles. The number of nitrogens with zero attached hydrogens (tertiary/aromatic N) is 3. The molecular weight excluding hydrogens is 359 g/mol. The van der Waals surface area contributed by atoms with Crippen molar-refractivity contribution < 1.29 is 22.9 Å². The molecule has 2 N–H and O–H groups in total. The van der Waals surface area contributed by atoms with Crippen LogP contribution in [0, 0.1) is 0 Å². The molecule has 2 aromatic rings. The lowest BCUT2D eigenvalue weighted by Gasteiger charge is -2.21. The van der Waals surface area contributed by atoms with Crippen LogP contribution in [0.15, 0.2) is 30.9 Å². The standard InChI is InChI=1S/C18H22F3N5O/c19-18(20,21)14-6-7-16(26-13-22-12-23-26)15(10-14)24-17(27)11-25-8-4-2-1-3-5-9-25/h6-7,10,12-13H,1-5,8-9,11H2,(H,24,27)/p+1. The summed E-state index contributed by atoms with van der Waals surface area (Å²) in [6.07, 6.45) is 3.85. The van der Waals surface area contributed by atoms with Gasteiger partial charge in [0.2, 0.25) is 0 Å². The number of alkyl halides is 3. The molecule has 3 rings (SSSR count). The minimum absolute atomic E-state index is 0.0757. The highest BCUT2D eigenvalue weighted by atomic mass is 19.4. The molecule has 0 radical (unpaired) electrons. The van der Waals surface area contributed by atoms with Gasteiger partial charge >= 0.3 is 6.18 Å². The average Bonchev–Trinajstić information content (AvgIpc) is 3.10. The van der Waals surface area contributed by atoms with Crippen molar-refractivity contribution in [3.8, 4) is 5.69 Å². The topological polar surface area (TPSA) is 64.2 Å². The van der Waals surface area contributed by atoms with Crippen LogP contribution in [0.4, 0.5) is 18.9 Å². The van der Waals surface area contributed by atoms with Gasteiger partial charge in [-0.15, -0.1) is 0 Å². The van der Waals surface area contributed by atoms with E-state index in [1.807, 2.05) is 0 Å². The molecule has 0 unspecified atom stereocenters. The largest absolute Gasteiger partial charge is 0.416 e. The number of carbonyl (C=O) groups is 1. The van der Waals surface area contributed by atoms with Crippen molar-refractivity contribution in [3.63, 3.8) is 0 Å². The van der Waals surface area contributed by atoms with Gasteiger partial charge in [-0.05, 0) is 43.9 Å². The maximum atomic E-state index is 13.1. The van der Waals surface area contributed by atoms with Gasteiger partial charge < -0.3 is 10.2 Å². The van der Waals surface area contributed by atoms with Crippen LogP contribution in [0.1, 0.15) is 37.7 Å². The van der Waals surface area contributed by atoms with E-state index >= 15 is 0 Å². The highest BCUT2D eigenvalue weighted by Gasteiger charge is 2.31. The van der Waals surface area contributed by atoms with E-state index in [9.17, 15) is 18.0 Å². The van der Waals surface area contributed by atoms with Crippen molar-refractivity contribution in [3.05, 3.63) is 36.4 Å². The van der Waals surface area contributed by atoms with E-state index in [2.05, 4.69) is 15.4 Å². The van der Waals surface area contributed by atoms with Gasteiger partial charge in [0.25, 0.3) is 5.91 Å². The van der Waals surface area contributed by atoms with Gasteiger partial charge in [0.05, 0.1) is 30.0 Å². The predicted octanol–water partition coefficient (Wildman–Crippen LogP) is 2.07. The average molecular weight is 382 g/mol. The molecule has 0 bridgehead atoms. The number of hydrogen-bond acceptors (Lipinski definition) is 3. The Labute approximate surface area is 155 Å². The molecule has 1 saturated heterocycles. The van der Waals surface area contributed by atoms with Gasteiger partial charge in [-0.1, -0.05) is 6.42 Å². The van der Waals surface area contributed by atoms with E-state index in [4.69, 9.17) is 0 Å². The summed E-state index contributed by atoms with van der Waals surface area (Å²) in [7, 11) is 0. The lowest BCUT2D eigenvalue weighted by molar-refractivity contribution is -0.892. The Bertz CT molecular complexity index is 753. The Kier molecular flexibility index (Phi) is 6.10. The molecule has 1 aliphatic rings. The fourth-order valence-corrected chi connectivity index (χ4v) is 3.35. The van der Waals surface area contributed by atoms with E-state index in [-0.39, 0.29) is 18.1 Å². The van der Waals surface area contributed by atoms with Crippen molar-refractivity contribution in [1.82, 2.24) is 14.8 Å². The summed E-state index contributed by atoms with van der Waals surface area (Å²) in [5, 5.41) is 6.60. The summed E-state index contributed by atoms with van der Waals surface area (Å²) < 4.78 is 40.6. The molecule has 0 saturated carbocycles. The third-order valence-electron chi connectivity index (χ3n) is 4.73. The molecule has 1 amide bonds. The number of halogens is 3. The van der Waals surface area contributed by atoms with Crippen molar-refractivity contribution in [1.29, 1.82) is 0 Å². The summed E-state index contributed by atoms with van der Waals surface area (Å²) >= 11 is 0. The zero-order valence-corrected chi connectivity index (χ0v) is 14.9. The Balaban J connectivity index is 1.77. The highest BCUT2D eigenvalue weighted by Crippen LogP contribution is 2.33. The summed E-state index contributed by atoms with van der Waals surface area (Å²) in [4.78, 5) is 17.5. The van der Waals surface area contributed by atoms with Crippen molar-refractivity contribution >= 4 is 11.6 Å². The van der Waals surface area contributed by atoms with Crippen LogP contribution in [0.5, 0.6) is 0 Å². The van der Waals surface area contributed by atoms with E-state index in [1.165, 1.54) is 34.7 Å². The molecule has 146 valence electrons. The zero-order chi connectivity index (χ0) is 19.3. The number of quaternary nitrogens is 1. The van der Waals surface area contributed by atoms with Gasteiger partial charge in [0.15, 0.2) is 6.54 Å². The maximum absolute atomic E-state index is 13.1. The first-order chi connectivity index (χ1) is 12.9. The molecule has 9 heteroatoms. The number of benzene rings is 1. The number of amides is 1. The first kappa shape index (κ1) is 19.3. The van der Waals surface area contributed by atoms with Gasteiger partial charge in [-0.2, -0.15) is 18.3 Å². The lowest BCUT2D eigenvalue weighted by Crippen LogP contribution is -3.13. The smallest absolute Gasteiger partial charge is 0.327 e. The summed E-state index contributed by atoms with van der Waals surface area (Å²) in [5.74, 6) is -0.300. The number of aromatic nitrogens is 3. The second kappa shape index (κ2) is 8.51. The van der Waals surface area contributed by atoms with E-state index in [1.54, 1.807) is 0 Å². The summed E-state index contributed by atoms with van der Waals surface area (Å²) in [5.41, 5.74) is -0.399. The zero-order valence-electron chi connectivity index (χ0n) is 14.9. The van der Waals surface area contributed by atoms with Crippen LogP contribution in [0.2, 0.25) is 0 Å². The number of likely N-dealkylation sites (tertiary alicyclic amines) is 1. The predicted molar refractivity (Wildman–Crippen MR) is 93.6 cm³/mol. The second-order valence-electron chi connectivity index (χ2n) is 6.81. The lowest BCUT2D eigenvalue weighted by atomic mass is 10.1. The van der Waals surface area contributed by atoms with Crippen molar-refractivity contribution in [2.75, 3.05) is 25.0 Å². The number of rotatable bonds is 4. The quantitative estimate of drug-likeness (QED) is 0.851. The number of nitrogens with one attached hydrogen (secondary N) is 2. The van der Waals surface area contributed by atoms with Crippen LogP contribution < -0.4 is 10.2 Å². The van der Waals surface area contributed by atoms with Gasteiger partial charge in [-0.25, -0.2) is 9.67 Å². The minimum Gasteiger partial charge on any atom is -0.327 e. The van der Waals surface area contributed by atoms with Crippen LogP contribution in [-0.4, -0.2) is 40.3 Å². The normalized spacial score (nSPS) is 16.6. The second-order valence-corrected chi connectivity index (χ2v) is 6.81. The molecule has 27 heavy (non-hydrogen) atoms. The van der Waals surface area contributed by atoms with Gasteiger partial charge in [0.1, 0.15) is 12.7 Å². The molecule has 1 aromatic carbocycles. The molecule has 0 aliphatic carbocycles. The molecular formula is C18H23F3N5O+. The Morgan fingerprint density at radius 1 is 1.15 bits per heavy atom. The Morgan fingerprint density at radius 2 is 1.85 bits per heavy atom. The maximum Gasteiger partial charge on any atom is 0.416 e. The minimum atomic E-state index is -4.49. The fourth-order valence-electron chi connectivity index (χ4n) is 3.35. The van der Waals surface area contributed by atoms with Crippen molar-refractivity contribution in [2.24, 2.45) is 0 Å². The van der Waals surface area contributed by atoms with E-state index in [0.29, 0.717) is 5.69 Å². The molecule has 0 atom stereocenters. The van der Waals surface area contributed by atoms with Crippen molar-refractivity contribution in [2.45, 2.75) is 38.3 Å². The monoisotopic (exact) mass is 382 g/mol. The third kappa shape index (κ3) is 5.29. The van der Waals surface area contributed by atoms with E-state index in [0.717, 1.165) is 50.9 Å². The summed E-state index contributed by atoms with van der Waals surface area (Å²) in [6, 6.07) is 3.20. The van der Waals surface area contributed by atoms with Crippen LogP contribution >= 0.6 is 0 Å². The van der Waals surface area contributed by atoms with Crippen LogP contribution in [0.25, 0.3) is 5.69 Å². The van der Waals surface area contributed by atoms with Gasteiger partial charge in [0, 0.05) is 0 Å². The first-order valence-electron chi connectivity index (χ1n) is 9.13. The molecule has 2 heterocycles. The number of carbonyl (C=O) groups excluding carboxylic acids is 1. The number of anilines is 1. The van der Waals surface area contributed by atoms with E-state index < -0.39 is 11.7 Å². The fraction of sp³-hybridized carbons (Fsp3) is 0.500. The Morgan fingerprint density at radius 3 is 2.48 bits per heavy atom. The highest BCUT2D eigenvalue weighted by molar-refractivity contribution is 5.93. The molecule has 1 aromatic heterocycles. The van der Waals surface area contributed by atoms with Crippen LogP contribution in [0.3, 0.4) is 0 Å².